The molecule has 0 bridgehead atoms. The Morgan fingerprint density at radius 1 is 1.10 bits per heavy atom. The van der Waals surface area contributed by atoms with E-state index in [2.05, 4.69) is 43.2 Å². The standard InChI is InChI=1S/C17H22N2O/c1-17(2,3)14-9-10-16(19-12-14)20-15-8-6-5-7-13(15)11-18-4/h5-10,12,18H,11H2,1-4H3. The van der Waals surface area contributed by atoms with Crippen molar-refractivity contribution in [2.24, 2.45) is 0 Å². The highest BCUT2D eigenvalue weighted by molar-refractivity contribution is 5.36. The number of rotatable bonds is 4. The summed E-state index contributed by atoms with van der Waals surface area (Å²) < 4.78 is 5.88. The second-order valence-corrected chi connectivity index (χ2v) is 5.88. The summed E-state index contributed by atoms with van der Waals surface area (Å²) in [6.45, 7) is 7.29. The summed E-state index contributed by atoms with van der Waals surface area (Å²) in [6.07, 6.45) is 1.88. The lowest BCUT2D eigenvalue weighted by Crippen LogP contribution is -2.11. The first-order valence-electron chi connectivity index (χ1n) is 6.87. The van der Waals surface area contributed by atoms with E-state index in [-0.39, 0.29) is 5.41 Å². The van der Waals surface area contributed by atoms with Crippen molar-refractivity contribution in [3.8, 4) is 11.6 Å². The minimum atomic E-state index is 0.107. The quantitative estimate of drug-likeness (QED) is 0.915. The summed E-state index contributed by atoms with van der Waals surface area (Å²) in [7, 11) is 1.92. The highest BCUT2D eigenvalue weighted by atomic mass is 16.5. The number of ether oxygens (including phenoxy) is 1. The molecule has 1 N–H and O–H groups in total. The van der Waals surface area contributed by atoms with Crippen LogP contribution in [0.25, 0.3) is 0 Å². The number of hydrogen-bond donors (Lipinski definition) is 1. The van der Waals surface area contributed by atoms with Crippen LogP contribution in [0.5, 0.6) is 11.6 Å². The third kappa shape index (κ3) is 3.58. The van der Waals surface area contributed by atoms with Crippen molar-refractivity contribution in [3.63, 3.8) is 0 Å². The van der Waals surface area contributed by atoms with Crippen molar-refractivity contribution in [3.05, 3.63) is 53.7 Å². The molecule has 106 valence electrons. The third-order valence-corrected chi connectivity index (χ3v) is 3.16. The molecule has 0 atom stereocenters. The van der Waals surface area contributed by atoms with Gasteiger partial charge in [-0.2, -0.15) is 0 Å². The second kappa shape index (κ2) is 6.06. The van der Waals surface area contributed by atoms with Crippen LogP contribution in [0.15, 0.2) is 42.6 Å². The van der Waals surface area contributed by atoms with Crippen LogP contribution in [-0.4, -0.2) is 12.0 Å². The number of nitrogens with zero attached hydrogens (tertiary/aromatic N) is 1. The van der Waals surface area contributed by atoms with Gasteiger partial charge in [0.05, 0.1) is 0 Å². The summed E-state index contributed by atoms with van der Waals surface area (Å²) in [6, 6.07) is 12.0. The van der Waals surface area contributed by atoms with Crippen molar-refractivity contribution >= 4 is 0 Å². The predicted octanol–water partition coefficient (Wildman–Crippen LogP) is 3.89. The normalized spacial score (nSPS) is 11.4. The Morgan fingerprint density at radius 3 is 2.45 bits per heavy atom. The SMILES string of the molecule is CNCc1ccccc1Oc1ccc(C(C)(C)C)cn1. The molecule has 1 aromatic heterocycles. The molecule has 0 radical (unpaired) electrons. The third-order valence-electron chi connectivity index (χ3n) is 3.16. The first kappa shape index (κ1) is 14.5. The van der Waals surface area contributed by atoms with E-state index in [1.165, 1.54) is 5.56 Å². The van der Waals surface area contributed by atoms with Gasteiger partial charge in [0.15, 0.2) is 0 Å². The smallest absolute Gasteiger partial charge is 0.219 e. The van der Waals surface area contributed by atoms with Gasteiger partial charge < -0.3 is 10.1 Å². The van der Waals surface area contributed by atoms with Gasteiger partial charge in [0.2, 0.25) is 5.88 Å². The van der Waals surface area contributed by atoms with Crippen LogP contribution in [0.2, 0.25) is 0 Å². The van der Waals surface area contributed by atoms with Gasteiger partial charge in [0.1, 0.15) is 5.75 Å². The van der Waals surface area contributed by atoms with Crippen LogP contribution in [0.1, 0.15) is 31.9 Å². The summed E-state index contributed by atoms with van der Waals surface area (Å²) in [5, 5.41) is 3.14. The van der Waals surface area contributed by atoms with Gasteiger partial charge in [-0.1, -0.05) is 45.0 Å². The van der Waals surface area contributed by atoms with Crippen LogP contribution in [-0.2, 0) is 12.0 Å². The van der Waals surface area contributed by atoms with E-state index in [0.29, 0.717) is 5.88 Å². The second-order valence-electron chi connectivity index (χ2n) is 5.88. The number of para-hydroxylation sites is 1. The monoisotopic (exact) mass is 270 g/mol. The zero-order valence-electron chi connectivity index (χ0n) is 12.6. The Bertz CT molecular complexity index is 556. The maximum atomic E-state index is 5.88. The fraction of sp³-hybridized carbons (Fsp3) is 0.353. The molecule has 0 fully saturated rings. The molecule has 2 aromatic rings. The van der Waals surface area contributed by atoms with Gasteiger partial charge in [0.25, 0.3) is 0 Å². The van der Waals surface area contributed by atoms with Crippen LogP contribution >= 0.6 is 0 Å². The topological polar surface area (TPSA) is 34.1 Å². The summed E-state index contributed by atoms with van der Waals surface area (Å²) in [5.74, 6) is 1.47. The Kier molecular flexibility index (Phi) is 4.40. The summed E-state index contributed by atoms with van der Waals surface area (Å²) in [5.41, 5.74) is 2.43. The van der Waals surface area contributed by atoms with Gasteiger partial charge >= 0.3 is 0 Å². The highest BCUT2D eigenvalue weighted by Gasteiger charge is 2.14. The van der Waals surface area contributed by atoms with Gasteiger partial charge in [-0.05, 0) is 24.1 Å². The van der Waals surface area contributed by atoms with Crippen LogP contribution in [0, 0.1) is 0 Å². The van der Waals surface area contributed by atoms with E-state index in [1.54, 1.807) is 0 Å². The molecule has 0 saturated carbocycles. The number of nitrogens with one attached hydrogen (secondary N) is 1. The molecule has 1 aromatic carbocycles. The average Bonchev–Trinajstić information content (AvgIpc) is 2.41. The zero-order valence-corrected chi connectivity index (χ0v) is 12.6. The van der Waals surface area contributed by atoms with Crippen LogP contribution in [0.3, 0.4) is 0 Å². The molecule has 0 spiro atoms. The van der Waals surface area contributed by atoms with Crippen molar-refractivity contribution in [1.82, 2.24) is 10.3 Å². The summed E-state index contributed by atoms with van der Waals surface area (Å²) in [4.78, 5) is 4.40. The number of hydrogen-bond acceptors (Lipinski definition) is 3. The molecule has 1 heterocycles. The van der Waals surface area contributed by atoms with Gasteiger partial charge in [-0.15, -0.1) is 0 Å². The maximum absolute atomic E-state index is 5.88. The molecule has 0 amide bonds. The van der Waals surface area contributed by atoms with Gasteiger partial charge in [-0.3, -0.25) is 0 Å². The Morgan fingerprint density at radius 2 is 1.85 bits per heavy atom. The van der Waals surface area contributed by atoms with E-state index >= 15 is 0 Å². The van der Waals surface area contributed by atoms with Crippen LogP contribution < -0.4 is 10.1 Å². The lowest BCUT2D eigenvalue weighted by Gasteiger charge is -2.18. The minimum absolute atomic E-state index is 0.107. The molecule has 2 rings (SSSR count). The molecule has 0 aliphatic carbocycles. The van der Waals surface area contributed by atoms with Gasteiger partial charge in [0, 0.05) is 24.4 Å². The first-order chi connectivity index (χ1) is 9.50. The van der Waals surface area contributed by atoms with E-state index < -0.39 is 0 Å². The fourth-order valence-electron chi connectivity index (χ4n) is 1.94. The Balaban J connectivity index is 2.18. The molecule has 0 aliphatic rings. The highest BCUT2D eigenvalue weighted by Crippen LogP contribution is 2.26. The average molecular weight is 270 g/mol. The van der Waals surface area contributed by atoms with E-state index in [1.807, 2.05) is 37.5 Å². The Labute approximate surface area is 121 Å². The lowest BCUT2D eigenvalue weighted by atomic mass is 9.88. The largest absolute Gasteiger partial charge is 0.439 e. The van der Waals surface area contributed by atoms with E-state index in [9.17, 15) is 0 Å². The van der Waals surface area contributed by atoms with Gasteiger partial charge in [-0.25, -0.2) is 4.98 Å². The molecule has 0 saturated heterocycles. The fourth-order valence-corrected chi connectivity index (χ4v) is 1.94. The van der Waals surface area contributed by atoms with Crippen molar-refractivity contribution in [2.75, 3.05) is 7.05 Å². The molecule has 0 aliphatic heterocycles. The molecular formula is C17H22N2O. The van der Waals surface area contributed by atoms with Crippen molar-refractivity contribution in [2.45, 2.75) is 32.7 Å². The summed E-state index contributed by atoms with van der Waals surface area (Å²) >= 11 is 0. The zero-order chi connectivity index (χ0) is 14.6. The van der Waals surface area contributed by atoms with E-state index in [4.69, 9.17) is 4.74 Å². The molecule has 20 heavy (non-hydrogen) atoms. The number of benzene rings is 1. The lowest BCUT2D eigenvalue weighted by molar-refractivity contribution is 0.453. The molecule has 0 unspecified atom stereocenters. The Hall–Kier alpha value is -1.87. The molecule has 3 heteroatoms. The van der Waals surface area contributed by atoms with Crippen molar-refractivity contribution in [1.29, 1.82) is 0 Å². The molecular weight excluding hydrogens is 248 g/mol. The van der Waals surface area contributed by atoms with Crippen LogP contribution in [0.4, 0.5) is 0 Å². The minimum Gasteiger partial charge on any atom is -0.439 e. The number of pyridine rings is 1. The number of aromatic nitrogens is 1. The first-order valence-corrected chi connectivity index (χ1v) is 6.87. The van der Waals surface area contributed by atoms with Crippen molar-refractivity contribution < 1.29 is 4.74 Å². The van der Waals surface area contributed by atoms with E-state index in [0.717, 1.165) is 17.9 Å². The maximum Gasteiger partial charge on any atom is 0.219 e. The predicted molar refractivity (Wildman–Crippen MR) is 82.2 cm³/mol. The molecule has 3 nitrogen and oxygen atoms in total.